The molecule has 1 aromatic carbocycles. The molecular formula is C16H22N4. The van der Waals surface area contributed by atoms with Gasteiger partial charge in [0.05, 0.1) is 0 Å². The summed E-state index contributed by atoms with van der Waals surface area (Å²) in [5, 5.41) is 8.69. The minimum atomic E-state index is 0.589. The molecule has 0 saturated heterocycles. The SMILES string of the molecule is NCC1CCc2nnc(CCCc3ccccc3)n2C1. The van der Waals surface area contributed by atoms with E-state index in [1.807, 2.05) is 0 Å². The van der Waals surface area contributed by atoms with Crippen LogP contribution in [0, 0.1) is 5.92 Å². The predicted molar refractivity (Wildman–Crippen MR) is 79.4 cm³/mol. The monoisotopic (exact) mass is 270 g/mol. The number of nitrogens with two attached hydrogens (primary N) is 1. The fourth-order valence-electron chi connectivity index (χ4n) is 2.92. The largest absolute Gasteiger partial charge is 0.330 e. The number of hydrogen-bond acceptors (Lipinski definition) is 3. The summed E-state index contributed by atoms with van der Waals surface area (Å²) in [5.41, 5.74) is 7.20. The summed E-state index contributed by atoms with van der Waals surface area (Å²) in [7, 11) is 0. The molecule has 1 aliphatic rings. The fourth-order valence-corrected chi connectivity index (χ4v) is 2.92. The topological polar surface area (TPSA) is 56.7 Å². The van der Waals surface area contributed by atoms with Gasteiger partial charge in [0.1, 0.15) is 11.6 Å². The first kappa shape index (κ1) is 13.3. The molecule has 1 aromatic heterocycles. The average Bonchev–Trinajstić information content (AvgIpc) is 2.91. The fraction of sp³-hybridized carbons (Fsp3) is 0.500. The molecule has 4 nitrogen and oxygen atoms in total. The van der Waals surface area contributed by atoms with Gasteiger partial charge in [0.15, 0.2) is 0 Å². The normalized spacial score (nSPS) is 17.9. The Balaban J connectivity index is 1.60. The maximum Gasteiger partial charge on any atom is 0.133 e. The second kappa shape index (κ2) is 6.18. The minimum Gasteiger partial charge on any atom is -0.330 e. The predicted octanol–water partition coefficient (Wildman–Crippen LogP) is 1.97. The second-order valence-electron chi connectivity index (χ2n) is 5.62. The van der Waals surface area contributed by atoms with Crippen LogP contribution in [-0.2, 0) is 25.8 Å². The Bertz CT molecular complexity index is 547. The number of nitrogens with zero attached hydrogens (tertiary/aromatic N) is 3. The van der Waals surface area contributed by atoms with Crippen molar-refractivity contribution < 1.29 is 0 Å². The molecule has 0 radical (unpaired) electrons. The van der Waals surface area contributed by atoms with E-state index in [1.165, 1.54) is 5.56 Å². The van der Waals surface area contributed by atoms with E-state index in [9.17, 15) is 0 Å². The van der Waals surface area contributed by atoms with Crippen LogP contribution in [0.4, 0.5) is 0 Å². The maximum atomic E-state index is 5.80. The van der Waals surface area contributed by atoms with Gasteiger partial charge in [-0.05, 0) is 37.3 Å². The first-order valence-corrected chi connectivity index (χ1v) is 7.51. The molecule has 20 heavy (non-hydrogen) atoms. The lowest BCUT2D eigenvalue weighted by Crippen LogP contribution is -2.27. The molecule has 2 heterocycles. The van der Waals surface area contributed by atoms with E-state index in [0.717, 1.165) is 56.8 Å². The van der Waals surface area contributed by atoms with Gasteiger partial charge >= 0.3 is 0 Å². The maximum absolute atomic E-state index is 5.80. The molecule has 0 saturated carbocycles. The van der Waals surface area contributed by atoms with Crippen molar-refractivity contribution in [2.45, 2.75) is 38.6 Å². The summed E-state index contributed by atoms with van der Waals surface area (Å²) in [6.45, 7) is 1.76. The van der Waals surface area contributed by atoms with Gasteiger partial charge < -0.3 is 10.3 Å². The van der Waals surface area contributed by atoms with Gasteiger partial charge in [-0.3, -0.25) is 0 Å². The smallest absolute Gasteiger partial charge is 0.133 e. The first-order valence-electron chi connectivity index (χ1n) is 7.51. The van der Waals surface area contributed by atoms with Gasteiger partial charge in [-0.2, -0.15) is 0 Å². The Morgan fingerprint density at radius 2 is 2.00 bits per heavy atom. The lowest BCUT2D eigenvalue weighted by molar-refractivity contribution is 0.366. The third-order valence-electron chi connectivity index (χ3n) is 4.16. The Morgan fingerprint density at radius 3 is 2.80 bits per heavy atom. The number of aromatic nitrogens is 3. The number of hydrogen-bond donors (Lipinski definition) is 1. The second-order valence-corrected chi connectivity index (χ2v) is 5.62. The summed E-state index contributed by atoms with van der Waals surface area (Å²) in [6, 6.07) is 10.6. The summed E-state index contributed by atoms with van der Waals surface area (Å²) in [6.07, 6.45) is 5.39. The van der Waals surface area contributed by atoms with E-state index in [-0.39, 0.29) is 0 Å². The minimum absolute atomic E-state index is 0.589. The van der Waals surface area contributed by atoms with Crippen molar-refractivity contribution in [3.05, 3.63) is 47.5 Å². The highest BCUT2D eigenvalue weighted by atomic mass is 15.3. The summed E-state index contributed by atoms with van der Waals surface area (Å²) >= 11 is 0. The zero-order chi connectivity index (χ0) is 13.8. The number of aryl methyl sites for hydroxylation is 3. The average molecular weight is 270 g/mol. The van der Waals surface area contributed by atoms with Crippen LogP contribution in [-0.4, -0.2) is 21.3 Å². The van der Waals surface area contributed by atoms with Crippen LogP contribution in [0.1, 0.15) is 30.1 Å². The van der Waals surface area contributed by atoms with Crippen molar-refractivity contribution in [2.24, 2.45) is 11.7 Å². The number of fused-ring (bicyclic) bond motifs is 1. The van der Waals surface area contributed by atoms with Crippen molar-refractivity contribution >= 4 is 0 Å². The van der Waals surface area contributed by atoms with Gasteiger partial charge in [-0.15, -0.1) is 10.2 Å². The number of benzene rings is 1. The van der Waals surface area contributed by atoms with Gasteiger partial charge in [0, 0.05) is 19.4 Å². The van der Waals surface area contributed by atoms with Crippen LogP contribution in [0.5, 0.6) is 0 Å². The zero-order valence-electron chi connectivity index (χ0n) is 11.8. The van der Waals surface area contributed by atoms with Crippen LogP contribution in [0.2, 0.25) is 0 Å². The molecule has 0 fully saturated rings. The van der Waals surface area contributed by atoms with Gasteiger partial charge in [0.2, 0.25) is 0 Å². The van der Waals surface area contributed by atoms with Crippen LogP contribution < -0.4 is 5.73 Å². The van der Waals surface area contributed by atoms with E-state index in [2.05, 4.69) is 45.1 Å². The highest BCUT2D eigenvalue weighted by Gasteiger charge is 2.21. The Labute approximate surface area is 120 Å². The molecule has 1 unspecified atom stereocenters. The highest BCUT2D eigenvalue weighted by Crippen LogP contribution is 2.20. The van der Waals surface area contributed by atoms with Crippen LogP contribution in [0.3, 0.4) is 0 Å². The van der Waals surface area contributed by atoms with Crippen LogP contribution in [0.25, 0.3) is 0 Å². The van der Waals surface area contributed by atoms with E-state index in [1.54, 1.807) is 0 Å². The quantitative estimate of drug-likeness (QED) is 0.903. The third kappa shape index (κ3) is 2.90. The highest BCUT2D eigenvalue weighted by molar-refractivity contribution is 5.14. The molecule has 0 amide bonds. The van der Waals surface area contributed by atoms with Crippen molar-refractivity contribution in [3.8, 4) is 0 Å². The van der Waals surface area contributed by atoms with Crippen molar-refractivity contribution in [2.75, 3.05) is 6.54 Å². The molecule has 2 N–H and O–H groups in total. The van der Waals surface area contributed by atoms with Gasteiger partial charge in [-0.25, -0.2) is 0 Å². The molecule has 4 heteroatoms. The molecule has 0 bridgehead atoms. The molecular weight excluding hydrogens is 248 g/mol. The van der Waals surface area contributed by atoms with Crippen LogP contribution in [0.15, 0.2) is 30.3 Å². The first-order chi connectivity index (χ1) is 9.86. The summed E-state index contributed by atoms with van der Waals surface area (Å²) in [4.78, 5) is 0. The molecule has 106 valence electrons. The van der Waals surface area contributed by atoms with Crippen molar-refractivity contribution in [1.82, 2.24) is 14.8 Å². The lowest BCUT2D eigenvalue weighted by Gasteiger charge is -2.22. The van der Waals surface area contributed by atoms with Crippen LogP contribution >= 0.6 is 0 Å². The molecule has 1 atom stereocenters. The van der Waals surface area contributed by atoms with E-state index >= 15 is 0 Å². The Hall–Kier alpha value is -1.68. The van der Waals surface area contributed by atoms with Crippen molar-refractivity contribution in [3.63, 3.8) is 0 Å². The molecule has 2 aromatic rings. The molecule has 0 aliphatic carbocycles. The van der Waals surface area contributed by atoms with Crippen molar-refractivity contribution in [1.29, 1.82) is 0 Å². The lowest BCUT2D eigenvalue weighted by atomic mass is 9.99. The third-order valence-corrected chi connectivity index (χ3v) is 4.16. The molecule has 0 spiro atoms. The van der Waals surface area contributed by atoms with Gasteiger partial charge in [0.25, 0.3) is 0 Å². The zero-order valence-corrected chi connectivity index (χ0v) is 11.8. The summed E-state index contributed by atoms with van der Waals surface area (Å²) in [5.74, 6) is 2.87. The Morgan fingerprint density at radius 1 is 1.15 bits per heavy atom. The molecule has 3 rings (SSSR count). The summed E-state index contributed by atoms with van der Waals surface area (Å²) < 4.78 is 2.30. The van der Waals surface area contributed by atoms with E-state index in [4.69, 9.17) is 5.73 Å². The number of rotatable bonds is 5. The Kier molecular flexibility index (Phi) is 4.11. The standard InChI is InChI=1S/C16H22N4/c17-11-14-9-10-16-19-18-15(20(16)12-14)8-4-7-13-5-2-1-3-6-13/h1-3,5-6,14H,4,7-12,17H2. The van der Waals surface area contributed by atoms with E-state index in [0.29, 0.717) is 5.92 Å². The van der Waals surface area contributed by atoms with E-state index < -0.39 is 0 Å². The van der Waals surface area contributed by atoms with Gasteiger partial charge in [-0.1, -0.05) is 30.3 Å². The molecule has 1 aliphatic heterocycles.